The van der Waals surface area contributed by atoms with Gasteiger partial charge in [0.05, 0.1) is 6.17 Å². The third-order valence-electron chi connectivity index (χ3n) is 4.12. The quantitative estimate of drug-likeness (QED) is 0.548. The summed E-state index contributed by atoms with van der Waals surface area (Å²) in [6.45, 7) is 6.25. The van der Waals surface area contributed by atoms with Gasteiger partial charge in [-0.15, -0.1) is 0 Å². The lowest BCUT2D eigenvalue weighted by Crippen LogP contribution is -2.67. The van der Waals surface area contributed by atoms with Crippen LogP contribution in [0.2, 0.25) is 0 Å². The van der Waals surface area contributed by atoms with Gasteiger partial charge in [0, 0.05) is 17.8 Å². The van der Waals surface area contributed by atoms with E-state index in [1.165, 1.54) is 0 Å². The Morgan fingerprint density at radius 3 is 2.84 bits per heavy atom. The number of fused-ring (bicyclic) bond motifs is 1. The van der Waals surface area contributed by atoms with E-state index in [2.05, 4.69) is 40.4 Å². The number of amides is 2. The van der Waals surface area contributed by atoms with Crippen LogP contribution in [0.1, 0.15) is 26.7 Å². The SMILES string of the molecule is CCCNC1CC(C)NC(NC(=O)Nc2ccc3c(c2)OCCO3)N1. The number of benzene rings is 1. The van der Waals surface area contributed by atoms with Crippen molar-refractivity contribution < 1.29 is 14.3 Å². The van der Waals surface area contributed by atoms with Gasteiger partial charge in [-0.25, -0.2) is 4.79 Å². The molecule has 138 valence electrons. The predicted molar refractivity (Wildman–Crippen MR) is 95.8 cm³/mol. The van der Waals surface area contributed by atoms with Crippen LogP contribution in [0.4, 0.5) is 10.5 Å². The van der Waals surface area contributed by atoms with E-state index in [1.807, 2.05) is 0 Å². The number of rotatable bonds is 5. The molecule has 3 rings (SSSR count). The summed E-state index contributed by atoms with van der Waals surface area (Å²) in [4.78, 5) is 12.3. The van der Waals surface area contributed by atoms with Gasteiger partial charge in [0.25, 0.3) is 0 Å². The first-order chi connectivity index (χ1) is 12.1. The molecule has 0 radical (unpaired) electrons. The first-order valence-corrected chi connectivity index (χ1v) is 8.86. The molecule has 8 nitrogen and oxygen atoms in total. The number of carbonyl (C=O) groups is 1. The zero-order valence-corrected chi connectivity index (χ0v) is 14.7. The Hall–Kier alpha value is -2.03. The minimum absolute atomic E-state index is 0.177. The summed E-state index contributed by atoms with van der Waals surface area (Å²) in [5.41, 5.74) is 0.659. The Labute approximate surface area is 148 Å². The Kier molecular flexibility index (Phi) is 5.95. The van der Waals surface area contributed by atoms with Crippen molar-refractivity contribution >= 4 is 11.7 Å². The molecule has 2 heterocycles. The van der Waals surface area contributed by atoms with Crippen LogP contribution in [-0.2, 0) is 0 Å². The van der Waals surface area contributed by atoms with E-state index >= 15 is 0 Å². The van der Waals surface area contributed by atoms with E-state index < -0.39 is 0 Å². The van der Waals surface area contributed by atoms with Crippen molar-refractivity contribution in [3.63, 3.8) is 0 Å². The minimum Gasteiger partial charge on any atom is -0.486 e. The molecular weight excluding hydrogens is 322 g/mol. The van der Waals surface area contributed by atoms with Crippen molar-refractivity contribution in [3.8, 4) is 11.5 Å². The van der Waals surface area contributed by atoms with Crippen LogP contribution in [0, 0.1) is 0 Å². The van der Waals surface area contributed by atoms with Gasteiger partial charge in [0.2, 0.25) is 0 Å². The van der Waals surface area contributed by atoms with Crippen LogP contribution in [0.15, 0.2) is 18.2 Å². The van der Waals surface area contributed by atoms with Gasteiger partial charge in [0.1, 0.15) is 19.5 Å². The van der Waals surface area contributed by atoms with Crippen LogP contribution >= 0.6 is 0 Å². The average Bonchev–Trinajstić information content (AvgIpc) is 2.59. The number of carbonyl (C=O) groups excluding carboxylic acids is 1. The summed E-state index contributed by atoms with van der Waals surface area (Å²) >= 11 is 0. The third-order valence-corrected chi connectivity index (χ3v) is 4.12. The van der Waals surface area contributed by atoms with Crippen LogP contribution < -0.4 is 36.1 Å². The van der Waals surface area contributed by atoms with E-state index in [0.717, 1.165) is 19.4 Å². The number of urea groups is 1. The highest BCUT2D eigenvalue weighted by atomic mass is 16.6. The van der Waals surface area contributed by atoms with Crippen molar-refractivity contribution in [1.29, 1.82) is 0 Å². The van der Waals surface area contributed by atoms with E-state index in [1.54, 1.807) is 18.2 Å². The molecule has 3 unspecified atom stereocenters. The second-order valence-electron chi connectivity index (χ2n) is 6.37. The molecule has 1 aromatic rings. The second-order valence-corrected chi connectivity index (χ2v) is 6.37. The molecule has 0 bridgehead atoms. The van der Waals surface area contributed by atoms with Crippen molar-refractivity contribution in [1.82, 2.24) is 21.3 Å². The van der Waals surface area contributed by atoms with Crippen molar-refractivity contribution in [2.75, 3.05) is 25.1 Å². The fraction of sp³-hybridized carbons (Fsp3) is 0.588. The number of hydrogen-bond acceptors (Lipinski definition) is 6. The molecule has 1 saturated heterocycles. The zero-order chi connectivity index (χ0) is 17.6. The van der Waals surface area contributed by atoms with E-state index in [4.69, 9.17) is 9.47 Å². The molecule has 25 heavy (non-hydrogen) atoms. The average molecular weight is 349 g/mol. The lowest BCUT2D eigenvalue weighted by atomic mass is 10.1. The van der Waals surface area contributed by atoms with Crippen LogP contribution in [0.3, 0.4) is 0 Å². The van der Waals surface area contributed by atoms with Gasteiger partial charge in [-0.3, -0.25) is 10.6 Å². The fourth-order valence-electron chi connectivity index (χ4n) is 2.99. The van der Waals surface area contributed by atoms with Gasteiger partial charge in [-0.1, -0.05) is 6.92 Å². The predicted octanol–water partition coefficient (Wildman–Crippen LogP) is 1.16. The van der Waals surface area contributed by atoms with Crippen LogP contribution in [0.25, 0.3) is 0 Å². The lowest BCUT2D eigenvalue weighted by molar-refractivity contribution is 0.171. The molecule has 0 spiro atoms. The normalized spacial score (nSPS) is 25.3. The Balaban J connectivity index is 1.53. The minimum atomic E-state index is -0.296. The summed E-state index contributed by atoms with van der Waals surface area (Å²) in [7, 11) is 0. The molecule has 1 fully saturated rings. The molecule has 8 heteroatoms. The molecule has 0 saturated carbocycles. The molecule has 3 atom stereocenters. The van der Waals surface area contributed by atoms with Gasteiger partial charge in [0.15, 0.2) is 11.5 Å². The highest BCUT2D eigenvalue weighted by Gasteiger charge is 2.25. The van der Waals surface area contributed by atoms with Gasteiger partial charge in [-0.05, 0) is 38.4 Å². The zero-order valence-electron chi connectivity index (χ0n) is 14.7. The smallest absolute Gasteiger partial charge is 0.321 e. The maximum Gasteiger partial charge on any atom is 0.321 e. The fourth-order valence-corrected chi connectivity index (χ4v) is 2.99. The van der Waals surface area contributed by atoms with Crippen molar-refractivity contribution in [2.24, 2.45) is 0 Å². The molecule has 0 aliphatic carbocycles. The van der Waals surface area contributed by atoms with Gasteiger partial charge < -0.3 is 25.4 Å². The van der Waals surface area contributed by atoms with Crippen LogP contribution in [0.5, 0.6) is 11.5 Å². The summed E-state index contributed by atoms with van der Waals surface area (Å²) in [6.07, 6.45) is 1.91. The van der Waals surface area contributed by atoms with Gasteiger partial charge in [-0.2, -0.15) is 0 Å². The highest BCUT2D eigenvalue weighted by Crippen LogP contribution is 2.32. The number of nitrogens with one attached hydrogen (secondary N) is 5. The maximum atomic E-state index is 12.3. The second kappa shape index (κ2) is 8.37. The van der Waals surface area contributed by atoms with Gasteiger partial charge >= 0.3 is 6.03 Å². The standard InChI is InChI=1S/C17H27N5O3/c1-3-6-18-15-9-11(2)19-16(21-15)22-17(23)20-12-4-5-13-14(10-12)25-8-7-24-13/h4-5,10-11,15-16,18-19,21H,3,6-9H2,1-2H3,(H2,20,22,23). The topological polar surface area (TPSA) is 95.7 Å². The third kappa shape index (κ3) is 4.97. The summed E-state index contributed by atoms with van der Waals surface area (Å²) in [6, 6.07) is 5.38. The molecule has 2 aliphatic rings. The monoisotopic (exact) mass is 349 g/mol. The van der Waals surface area contributed by atoms with E-state index in [0.29, 0.717) is 36.4 Å². The first-order valence-electron chi connectivity index (χ1n) is 8.86. The summed E-state index contributed by atoms with van der Waals surface area (Å²) in [5, 5.41) is 15.8. The summed E-state index contributed by atoms with van der Waals surface area (Å²) < 4.78 is 11.0. The first kappa shape index (κ1) is 17.8. The Bertz CT molecular complexity index is 598. The Morgan fingerprint density at radius 1 is 1.24 bits per heavy atom. The van der Waals surface area contributed by atoms with Crippen molar-refractivity contribution in [3.05, 3.63) is 18.2 Å². The van der Waals surface area contributed by atoms with Crippen molar-refractivity contribution in [2.45, 2.75) is 45.2 Å². The largest absolute Gasteiger partial charge is 0.486 e. The van der Waals surface area contributed by atoms with E-state index in [-0.39, 0.29) is 18.5 Å². The molecule has 1 aromatic carbocycles. The molecule has 2 amide bonds. The molecule has 2 aliphatic heterocycles. The summed E-state index contributed by atoms with van der Waals surface area (Å²) in [5.74, 6) is 1.35. The lowest BCUT2D eigenvalue weighted by Gasteiger charge is -2.36. The number of ether oxygens (including phenoxy) is 2. The number of anilines is 1. The number of hydrogen-bond donors (Lipinski definition) is 5. The Morgan fingerprint density at radius 2 is 2.04 bits per heavy atom. The molecule has 5 N–H and O–H groups in total. The highest BCUT2D eigenvalue weighted by molar-refractivity contribution is 5.89. The van der Waals surface area contributed by atoms with E-state index in [9.17, 15) is 4.79 Å². The van der Waals surface area contributed by atoms with Crippen LogP contribution in [-0.4, -0.2) is 44.3 Å². The maximum absolute atomic E-state index is 12.3. The molecule has 0 aromatic heterocycles. The molecular formula is C17H27N5O3.